The monoisotopic (exact) mass is 236 g/mol. The molecule has 76 valence electrons. The van der Waals surface area contributed by atoms with Gasteiger partial charge in [0.25, 0.3) is 0 Å². The molecule has 2 aromatic heterocycles. The first-order valence-corrected chi connectivity index (χ1v) is 6.17. The maximum absolute atomic E-state index is 5.99. The summed E-state index contributed by atoms with van der Waals surface area (Å²) in [4.78, 5) is 9.97. The summed E-state index contributed by atoms with van der Waals surface area (Å²) in [5.74, 6) is 1.45. The van der Waals surface area contributed by atoms with Crippen LogP contribution in [0.25, 0.3) is 10.6 Å². The maximum atomic E-state index is 5.99. The van der Waals surface area contributed by atoms with Crippen molar-refractivity contribution in [3.8, 4) is 10.6 Å². The molecule has 0 N–H and O–H groups in total. The van der Waals surface area contributed by atoms with Crippen molar-refractivity contribution >= 4 is 22.9 Å². The van der Waals surface area contributed by atoms with Gasteiger partial charge < -0.3 is 0 Å². The highest BCUT2D eigenvalue weighted by Crippen LogP contribution is 2.39. The molecular formula is C11H9ClN2S. The highest BCUT2D eigenvalue weighted by atomic mass is 35.5. The third-order valence-corrected chi connectivity index (χ3v) is 3.51. The molecule has 2 heterocycles. The first-order chi connectivity index (χ1) is 7.33. The lowest BCUT2D eigenvalue weighted by Gasteiger charge is -2.01. The molecule has 1 aliphatic carbocycles. The molecule has 0 atom stereocenters. The van der Waals surface area contributed by atoms with E-state index in [0.29, 0.717) is 11.1 Å². The molecule has 0 aliphatic heterocycles. The number of halogens is 1. The van der Waals surface area contributed by atoms with E-state index in [9.17, 15) is 0 Å². The van der Waals surface area contributed by atoms with Crippen molar-refractivity contribution in [3.05, 3.63) is 34.6 Å². The second-order valence-corrected chi connectivity index (χ2v) is 5.02. The molecule has 0 unspecified atom stereocenters. The van der Waals surface area contributed by atoms with Crippen LogP contribution in [0.2, 0.25) is 5.15 Å². The normalized spacial score (nSPS) is 15.5. The zero-order valence-electron chi connectivity index (χ0n) is 7.98. The molecule has 0 amide bonds. The van der Waals surface area contributed by atoms with E-state index in [1.54, 1.807) is 11.3 Å². The van der Waals surface area contributed by atoms with Crippen LogP contribution in [0.3, 0.4) is 0 Å². The number of aromatic nitrogens is 2. The van der Waals surface area contributed by atoms with E-state index in [2.05, 4.69) is 16.0 Å². The second kappa shape index (κ2) is 3.58. The fraction of sp³-hybridized carbons (Fsp3) is 0.273. The van der Waals surface area contributed by atoms with Crippen LogP contribution in [0.1, 0.15) is 24.6 Å². The lowest BCUT2D eigenvalue weighted by Crippen LogP contribution is -1.94. The molecule has 3 rings (SSSR count). The molecule has 0 saturated heterocycles. The Morgan fingerprint density at radius 1 is 1.33 bits per heavy atom. The summed E-state index contributed by atoms with van der Waals surface area (Å²) < 4.78 is 0. The largest absolute Gasteiger partial charge is 0.232 e. The van der Waals surface area contributed by atoms with Crippen molar-refractivity contribution < 1.29 is 0 Å². The SMILES string of the molecule is Clc1cc(-c2cccs2)nc(C2CC2)n1. The molecule has 0 radical (unpaired) electrons. The number of thiophene rings is 1. The third kappa shape index (κ3) is 1.90. The Bertz CT molecular complexity index is 477. The fourth-order valence-corrected chi connectivity index (χ4v) is 2.39. The molecule has 15 heavy (non-hydrogen) atoms. The van der Waals surface area contributed by atoms with E-state index < -0.39 is 0 Å². The van der Waals surface area contributed by atoms with Crippen LogP contribution >= 0.6 is 22.9 Å². The van der Waals surface area contributed by atoms with E-state index in [1.165, 1.54) is 12.8 Å². The summed E-state index contributed by atoms with van der Waals surface area (Å²) in [5.41, 5.74) is 0.951. The van der Waals surface area contributed by atoms with Crippen LogP contribution in [-0.2, 0) is 0 Å². The van der Waals surface area contributed by atoms with Crippen LogP contribution in [-0.4, -0.2) is 9.97 Å². The summed E-state index contributed by atoms with van der Waals surface area (Å²) in [6, 6.07) is 5.91. The topological polar surface area (TPSA) is 25.8 Å². The first kappa shape index (κ1) is 9.31. The molecule has 0 bridgehead atoms. The predicted molar refractivity (Wildman–Crippen MR) is 62.3 cm³/mol. The number of hydrogen-bond donors (Lipinski definition) is 0. The van der Waals surface area contributed by atoms with Crippen LogP contribution in [0.15, 0.2) is 23.6 Å². The average Bonchev–Trinajstić information content (AvgIpc) is 2.93. The summed E-state index contributed by atoms with van der Waals surface area (Å²) in [6.45, 7) is 0. The highest BCUT2D eigenvalue weighted by Gasteiger charge is 2.27. The Balaban J connectivity index is 2.07. The van der Waals surface area contributed by atoms with Gasteiger partial charge in [-0.15, -0.1) is 11.3 Å². The predicted octanol–water partition coefficient (Wildman–Crippen LogP) is 3.74. The number of hydrogen-bond acceptors (Lipinski definition) is 3. The van der Waals surface area contributed by atoms with Gasteiger partial charge in [-0.05, 0) is 24.3 Å². The van der Waals surface area contributed by atoms with Gasteiger partial charge in [-0.25, -0.2) is 9.97 Å². The van der Waals surface area contributed by atoms with Crippen LogP contribution in [0, 0.1) is 0 Å². The summed E-state index contributed by atoms with van der Waals surface area (Å²) in [5, 5.41) is 2.59. The summed E-state index contributed by atoms with van der Waals surface area (Å²) in [7, 11) is 0. The van der Waals surface area contributed by atoms with Crippen molar-refractivity contribution in [3.63, 3.8) is 0 Å². The van der Waals surface area contributed by atoms with Gasteiger partial charge in [0, 0.05) is 12.0 Å². The fourth-order valence-electron chi connectivity index (χ4n) is 1.51. The van der Waals surface area contributed by atoms with Crippen molar-refractivity contribution in [2.24, 2.45) is 0 Å². The minimum atomic E-state index is 0.544. The zero-order chi connectivity index (χ0) is 10.3. The van der Waals surface area contributed by atoms with Crippen molar-refractivity contribution in [1.82, 2.24) is 9.97 Å². The van der Waals surface area contributed by atoms with E-state index in [1.807, 2.05) is 17.5 Å². The molecule has 1 fully saturated rings. The Kier molecular flexibility index (Phi) is 2.22. The molecule has 2 nitrogen and oxygen atoms in total. The van der Waals surface area contributed by atoms with Crippen LogP contribution in [0.5, 0.6) is 0 Å². The Morgan fingerprint density at radius 2 is 2.20 bits per heavy atom. The lowest BCUT2D eigenvalue weighted by atomic mass is 10.3. The minimum absolute atomic E-state index is 0.544. The molecule has 0 aromatic carbocycles. The number of nitrogens with zero attached hydrogens (tertiary/aromatic N) is 2. The van der Waals surface area contributed by atoms with Crippen molar-refractivity contribution in [1.29, 1.82) is 0 Å². The zero-order valence-corrected chi connectivity index (χ0v) is 9.55. The molecule has 2 aromatic rings. The van der Waals surface area contributed by atoms with Gasteiger partial charge in [0.15, 0.2) is 0 Å². The standard InChI is InChI=1S/C11H9ClN2S/c12-10-6-8(9-2-1-5-15-9)13-11(14-10)7-3-4-7/h1-2,5-7H,3-4H2. The molecule has 1 saturated carbocycles. The Hall–Kier alpha value is -0.930. The van der Waals surface area contributed by atoms with E-state index in [4.69, 9.17) is 11.6 Å². The second-order valence-electron chi connectivity index (χ2n) is 3.69. The van der Waals surface area contributed by atoms with E-state index in [-0.39, 0.29) is 0 Å². The molecule has 1 aliphatic rings. The minimum Gasteiger partial charge on any atom is -0.232 e. The molecular weight excluding hydrogens is 228 g/mol. The van der Waals surface area contributed by atoms with Crippen molar-refractivity contribution in [2.75, 3.05) is 0 Å². The smallest absolute Gasteiger partial charge is 0.133 e. The highest BCUT2D eigenvalue weighted by molar-refractivity contribution is 7.13. The summed E-state index contributed by atoms with van der Waals surface area (Å²) in [6.07, 6.45) is 2.40. The van der Waals surface area contributed by atoms with E-state index in [0.717, 1.165) is 16.4 Å². The van der Waals surface area contributed by atoms with Gasteiger partial charge in [-0.2, -0.15) is 0 Å². The van der Waals surface area contributed by atoms with Gasteiger partial charge in [0.05, 0.1) is 10.6 Å². The molecule has 0 spiro atoms. The van der Waals surface area contributed by atoms with Gasteiger partial charge in [0.2, 0.25) is 0 Å². The summed E-state index contributed by atoms with van der Waals surface area (Å²) >= 11 is 7.67. The van der Waals surface area contributed by atoms with Gasteiger partial charge in [0.1, 0.15) is 11.0 Å². The first-order valence-electron chi connectivity index (χ1n) is 4.91. The Labute approximate surface area is 97.0 Å². The Morgan fingerprint density at radius 3 is 2.87 bits per heavy atom. The third-order valence-electron chi connectivity index (χ3n) is 2.43. The lowest BCUT2D eigenvalue weighted by molar-refractivity contribution is 0.932. The molecule has 4 heteroatoms. The van der Waals surface area contributed by atoms with Gasteiger partial charge >= 0.3 is 0 Å². The van der Waals surface area contributed by atoms with E-state index >= 15 is 0 Å². The van der Waals surface area contributed by atoms with Crippen LogP contribution in [0.4, 0.5) is 0 Å². The van der Waals surface area contributed by atoms with Gasteiger partial charge in [-0.3, -0.25) is 0 Å². The van der Waals surface area contributed by atoms with Crippen LogP contribution < -0.4 is 0 Å². The van der Waals surface area contributed by atoms with Crippen molar-refractivity contribution in [2.45, 2.75) is 18.8 Å². The maximum Gasteiger partial charge on any atom is 0.133 e. The quantitative estimate of drug-likeness (QED) is 0.743. The average molecular weight is 237 g/mol. The van der Waals surface area contributed by atoms with Gasteiger partial charge in [-0.1, -0.05) is 17.7 Å². The number of rotatable bonds is 2.